The molecule has 22 heavy (non-hydrogen) atoms. The third-order valence-electron chi connectivity index (χ3n) is 3.49. The number of hydrogen-bond acceptors (Lipinski definition) is 4. The number of amides is 1. The van der Waals surface area contributed by atoms with E-state index in [-0.39, 0.29) is 5.91 Å². The highest BCUT2D eigenvalue weighted by Gasteiger charge is 2.09. The minimum absolute atomic E-state index is 0.254. The van der Waals surface area contributed by atoms with Crippen LogP contribution in [0.25, 0.3) is 0 Å². The first-order chi connectivity index (χ1) is 10.6. The lowest BCUT2D eigenvalue weighted by molar-refractivity contribution is 0.102. The number of rotatable bonds is 6. The second-order valence-corrected chi connectivity index (χ2v) is 5.32. The second kappa shape index (κ2) is 7.54. The molecule has 2 aromatic rings. The van der Waals surface area contributed by atoms with Gasteiger partial charge in [0.2, 0.25) is 0 Å². The molecule has 2 rings (SSSR count). The fourth-order valence-electron chi connectivity index (χ4n) is 1.94. The summed E-state index contributed by atoms with van der Waals surface area (Å²) in [5.41, 5.74) is 3.40. The average Bonchev–Trinajstić information content (AvgIpc) is 2.52. The van der Waals surface area contributed by atoms with Gasteiger partial charge in [0.05, 0.1) is 12.4 Å². The van der Waals surface area contributed by atoms with Gasteiger partial charge in [-0.3, -0.25) is 4.79 Å². The summed E-state index contributed by atoms with van der Waals surface area (Å²) < 4.78 is 0. The van der Waals surface area contributed by atoms with E-state index < -0.39 is 0 Å². The van der Waals surface area contributed by atoms with Gasteiger partial charge in [0.15, 0.2) is 0 Å². The molecule has 1 aromatic carbocycles. The fraction of sp³-hybridized carbons (Fsp3) is 0.353. The van der Waals surface area contributed by atoms with Crippen molar-refractivity contribution in [2.45, 2.75) is 33.6 Å². The summed E-state index contributed by atoms with van der Waals surface area (Å²) in [5.74, 6) is 0.437. The van der Waals surface area contributed by atoms with E-state index >= 15 is 0 Å². The van der Waals surface area contributed by atoms with Crippen molar-refractivity contribution < 1.29 is 4.79 Å². The zero-order valence-electron chi connectivity index (χ0n) is 13.3. The number of carbonyl (C=O) groups excluding carboxylic acids is 1. The molecule has 2 N–H and O–H groups in total. The summed E-state index contributed by atoms with van der Waals surface area (Å²) in [7, 11) is 0. The van der Waals surface area contributed by atoms with Gasteiger partial charge in [-0.05, 0) is 43.5 Å². The molecule has 1 amide bonds. The Bertz CT molecular complexity index is 638. The number of benzene rings is 1. The van der Waals surface area contributed by atoms with Crippen molar-refractivity contribution in [3.8, 4) is 0 Å². The topological polar surface area (TPSA) is 66.9 Å². The Hall–Kier alpha value is -2.43. The number of nitrogens with zero attached hydrogens (tertiary/aromatic N) is 2. The van der Waals surface area contributed by atoms with Gasteiger partial charge in [-0.1, -0.05) is 19.4 Å². The first-order valence-electron chi connectivity index (χ1n) is 7.54. The van der Waals surface area contributed by atoms with Crippen LogP contribution in [-0.2, 0) is 0 Å². The van der Waals surface area contributed by atoms with Crippen LogP contribution >= 0.6 is 0 Å². The summed E-state index contributed by atoms with van der Waals surface area (Å²) in [5, 5.41) is 6.01. The van der Waals surface area contributed by atoms with Crippen LogP contribution in [-0.4, -0.2) is 22.4 Å². The van der Waals surface area contributed by atoms with Crippen LogP contribution in [0.4, 0.5) is 11.5 Å². The van der Waals surface area contributed by atoms with Gasteiger partial charge in [-0.2, -0.15) is 0 Å². The Balaban J connectivity index is 1.98. The molecule has 5 nitrogen and oxygen atoms in total. The van der Waals surface area contributed by atoms with E-state index in [1.807, 2.05) is 32.0 Å². The number of aryl methyl sites for hydroxylation is 2. The molecule has 0 atom stereocenters. The van der Waals surface area contributed by atoms with E-state index in [2.05, 4.69) is 27.5 Å². The summed E-state index contributed by atoms with van der Waals surface area (Å²) >= 11 is 0. The van der Waals surface area contributed by atoms with E-state index in [1.54, 1.807) is 6.20 Å². The monoisotopic (exact) mass is 298 g/mol. The van der Waals surface area contributed by atoms with Crippen molar-refractivity contribution in [3.05, 3.63) is 47.4 Å². The lowest BCUT2D eigenvalue weighted by Crippen LogP contribution is -2.14. The average molecular weight is 298 g/mol. The van der Waals surface area contributed by atoms with Gasteiger partial charge >= 0.3 is 0 Å². The normalized spacial score (nSPS) is 10.3. The smallest absolute Gasteiger partial charge is 0.275 e. The number of carbonyl (C=O) groups is 1. The molecule has 0 radical (unpaired) electrons. The lowest BCUT2D eigenvalue weighted by atomic mass is 10.1. The molecule has 0 aliphatic carbocycles. The number of hydrogen-bond donors (Lipinski definition) is 2. The third-order valence-corrected chi connectivity index (χ3v) is 3.49. The van der Waals surface area contributed by atoms with Gasteiger partial charge in [0.25, 0.3) is 5.91 Å². The quantitative estimate of drug-likeness (QED) is 0.800. The van der Waals surface area contributed by atoms with Crippen molar-refractivity contribution in [2.75, 3.05) is 17.2 Å². The molecule has 0 bridgehead atoms. The van der Waals surface area contributed by atoms with Crippen LogP contribution in [0.15, 0.2) is 30.6 Å². The molecule has 0 fully saturated rings. The van der Waals surface area contributed by atoms with E-state index in [1.165, 1.54) is 11.8 Å². The number of unbranched alkanes of at least 4 members (excludes halogenated alkanes) is 1. The highest BCUT2D eigenvalue weighted by atomic mass is 16.1. The standard InChI is InChI=1S/C17H22N4O/c1-4-5-8-18-16-11-19-15(10-20-16)17(22)21-14-7-6-12(2)13(3)9-14/h6-7,9-11H,4-5,8H2,1-3H3,(H,18,20)(H,21,22). The van der Waals surface area contributed by atoms with Crippen LogP contribution in [0.1, 0.15) is 41.4 Å². The van der Waals surface area contributed by atoms with E-state index in [9.17, 15) is 4.79 Å². The fourth-order valence-corrected chi connectivity index (χ4v) is 1.94. The lowest BCUT2D eigenvalue weighted by Gasteiger charge is -2.08. The van der Waals surface area contributed by atoms with Crippen molar-refractivity contribution >= 4 is 17.4 Å². The molecule has 0 saturated carbocycles. The number of anilines is 2. The Labute approximate surface area is 131 Å². The van der Waals surface area contributed by atoms with E-state index in [0.717, 1.165) is 30.6 Å². The minimum atomic E-state index is -0.254. The molecular weight excluding hydrogens is 276 g/mol. The first-order valence-corrected chi connectivity index (χ1v) is 7.54. The summed E-state index contributed by atoms with van der Waals surface area (Å²) in [4.78, 5) is 20.5. The van der Waals surface area contributed by atoms with E-state index in [4.69, 9.17) is 0 Å². The van der Waals surface area contributed by atoms with Gasteiger partial charge in [0, 0.05) is 12.2 Å². The molecule has 1 heterocycles. The largest absolute Gasteiger partial charge is 0.369 e. The third kappa shape index (κ3) is 4.28. The van der Waals surface area contributed by atoms with Crippen LogP contribution in [0.5, 0.6) is 0 Å². The molecule has 116 valence electrons. The van der Waals surface area contributed by atoms with Crippen LogP contribution in [0.3, 0.4) is 0 Å². The molecule has 0 unspecified atom stereocenters. The molecule has 1 aromatic heterocycles. The van der Waals surface area contributed by atoms with Crippen molar-refractivity contribution in [1.82, 2.24) is 9.97 Å². The molecule has 0 spiro atoms. The summed E-state index contributed by atoms with van der Waals surface area (Å²) in [6, 6.07) is 5.81. The highest BCUT2D eigenvalue weighted by Crippen LogP contribution is 2.15. The minimum Gasteiger partial charge on any atom is -0.369 e. The van der Waals surface area contributed by atoms with Gasteiger partial charge in [-0.25, -0.2) is 9.97 Å². The van der Waals surface area contributed by atoms with Crippen molar-refractivity contribution in [1.29, 1.82) is 0 Å². The molecular formula is C17H22N4O. The molecule has 0 aliphatic heterocycles. The summed E-state index contributed by atoms with van der Waals surface area (Å²) in [6.45, 7) is 7.05. The number of nitrogens with one attached hydrogen (secondary N) is 2. The maximum Gasteiger partial charge on any atom is 0.275 e. The summed E-state index contributed by atoms with van der Waals surface area (Å²) in [6.07, 6.45) is 5.28. The molecule has 0 saturated heterocycles. The zero-order chi connectivity index (χ0) is 15.9. The maximum absolute atomic E-state index is 12.1. The SMILES string of the molecule is CCCCNc1cnc(C(=O)Nc2ccc(C)c(C)c2)cn1. The first kappa shape index (κ1) is 15.9. The Morgan fingerprint density at radius 3 is 2.59 bits per heavy atom. The predicted octanol–water partition coefficient (Wildman–Crippen LogP) is 3.56. The van der Waals surface area contributed by atoms with E-state index in [0.29, 0.717) is 11.5 Å². The Kier molecular flexibility index (Phi) is 5.47. The molecule has 5 heteroatoms. The zero-order valence-corrected chi connectivity index (χ0v) is 13.3. The van der Waals surface area contributed by atoms with Crippen LogP contribution in [0, 0.1) is 13.8 Å². The maximum atomic E-state index is 12.1. The highest BCUT2D eigenvalue weighted by molar-refractivity contribution is 6.02. The Morgan fingerprint density at radius 2 is 1.95 bits per heavy atom. The molecule has 0 aliphatic rings. The van der Waals surface area contributed by atoms with Gasteiger partial charge in [-0.15, -0.1) is 0 Å². The van der Waals surface area contributed by atoms with Crippen molar-refractivity contribution in [3.63, 3.8) is 0 Å². The predicted molar refractivity (Wildman–Crippen MR) is 89.3 cm³/mol. The van der Waals surface area contributed by atoms with Crippen LogP contribution < -0.4 is 10.6 Å². The van der Waals surface area contributed by atoms with Gasteiger partial charge < -0.3 is 10.6 Å². The second-order valence-electron chi connectivity index (χ2n) is 5.32. The van der Waals surface area contributed by atoms with Gasteiger partial charge in [0.1, 0.15) is 11.5 Å². The Morgan fingerprint density at radius 1 is 1.14 bits per heavy atom. The van der Waals surface area contributed by atoms with Crippen molar-refractivity contribution in [2.24, 2.45) is 0 Å². The number of aromatic nitrogens is 2. The van der Waals surface area contributed by atoms with Crippen LogP contribution in [0.2, 0.25) is 0 Å².